The highest BCUT2D eigenvalue weighted by atomic mass is 16.5. The number of amides is 2. The van der Waals surface area contributed by atoms with Gasteiger partial charge in [0.05, 0.1) is 26.0 Å². The molecule has 0 unspecified atom stereocenters. The van der Waals surface area contributed by atoms with E-state index in [0.29, 0.717) is 6.54 Å². The zero-order chi connectivity index (χ0) is 13.5. The summed E-state index contributed by atoms with van der Waals surface area (Å²) in [5.74, 6) is 0.746. The molecule has 2 rings (SSSR count). The highest BCUT2D eigenvalue weighted by Crippen LogP contribution is 2.00. The Morgan fingerprint density at radius 1 is 1.47 bits per heavy atom. The van der Waals surface area contributed by atoms with Crippen molar-refractivity contribution >= 4 is 6.03 Å². The van der Waals surface area contributed by atoms with Crippen LogP contribution in [0.25, 0.3) is 0 Å². The number of urea groups is 1. The first-order valence-corrected chi connectivity index (χ1v) is 6.61. The van der Waals surface area contributed by atoms with Gasteiger partial charge in [0.15, 0.2) is 0 Å². The second-order valence-electron chi connectivity index (χ2n) is 4.72. The Morgan fingerprint density at radius 3 is 2.95 bits per heavy atom. The SMILES string of the molecule is C[C@H](CN1CCOCC1)NC(=O)NCc1ccco1. The van der Waals surface area contributed by atoms with Gasteiger partial charge in [0, 0.05) is 25.7 Å². The van der Waals surface area contributed by atoms with E-state index in [1.165, 1.54) is 0 Å². The van der Waals surface area contributed by atoms with Gasteiger partial charge in [0.25, 0.3) is 0 Å². The standard InChI is InChI=1S/C13H21N3O3/c1-11(10-16-4-7-18-8-5-16)15-13(17)14-9-12-3-2-6-19-12/h2-3,6,11H,4-5,7-10H2,1H3,(H2,14,15,17)/t11-/m1/s1. The topological polar surface area (TPSA) is 66.7 Å². The zero-order valence-electron chi connectivity index (χ0n) is 11.2. The van der Waals surface area contributed by atoms with Crippen molar-refractivity contribution in [2.45, 2.75) is 19.5 Å². The quantitative estimate of drug-likeness (QED) is 0.828. The number of hydrogen-bond donors (Lipinski definition) is 2. The van der Waals surface area contributed by atoms with E-state index in [2.05, 4.69) is 15.5 Å². The van der Waals surface area contributed by atoms with Crippen LogP contribution in [-0.4, -0.2) is 49.8 Å². The van der Waals surface area contributed by atoms with Gasteiger partial charge in [-0.2, -0.15) is 0 Å². The fourth-order valence-corrected chi connectivity index (χ4v) is 2.07. The van der Waals surface area contributed by atoms with Crippen molar-refractivity contribution in [2.75, 3.05) is 32.8 Å². The van der Waals surface area contributed by atoms with Crippen molar-refractivity contribution < 1.29 is 13.9 Å². The molecule has 2 heterocycles. The molecule has 0 spiro atoms. The van der Waals surface area contributed by atoms with Gasteiger partial charge in [-0.05, 0) is 19.1 Å². The number of ether oxygens (including phenoxy) is 1. The van der Waals surface area contributed by atoms with Gasteiger partial charge in [-0.25, -0.2) is 4.79 Å². The van der Waals surface area contributed by atoms with Crippen molar-refractivity contribution in [3.8, 4) is 0 Å². The Balaban J connectivity index is 1.63. The maximum absolute atomic E-state index is 11.7. The third-order valence-electron chi connectivity index (χ3n) is 3.02. The molecule has 0 aliphatic carbocycles. The molecule has 106 valence electrons. The van der Waals surface area contributed by atoms with Crippen molar-refractivity contribution in [1.82, 2.24) is 15.5 Å². The summed E-state index contributed by atoms with van der Waals surface area (Å²) in [6, 6.07) is 3.57. The van der Waals surface area contributed by atoms with Crippen LogP contribution in [-0.2, 0) is 11.3 Å². The number of carbonyl (C=O) groups excluding carboxylic acids is 1. The molecule has 1 aliphatic rings. The summed E-state index contributed by atoms with van der Waals surface area (Å²) in [7, 11) is 0. The molecule has 0 aromatic carbocycles. The van der Waals surface area contributed by atoms with E-state index in [0.717, 1.165) is 38.6 Å². The van der Waals surface area contributed by atoms with Crippen molar-refractivity contribution in [3.05, 3.63) is 24.2 Å². The lowest BCUT2D eigenvalue weighted by Gasteiger charge is -2.29. The second kappa shape index (κ2) is 7.16. The van der Waals surface area contributed by atoms with Crippen LogP contribution < -0.4 is 10.6 Å². The third kappa shape index (κ3) is 4.92. The monoisotopic (exact) mass is 267 g/mol. The minimum Gasteiger partial charge on any atom is -0.467 e. The van der Waals surface area contributed by atoms with Crippen LogP contribution >= 0.6 is 0 Å². The van der Waals surface area contributed by atoms with Crippen molar-refractivity contribution in [3.63, 3.8) is 0 Å². The van der Waals surface area contributed by atoms with Crippen molar-refractivity contribution in [2.24, 2.45) is 0 Å². The van der Waals surface area contributed by atoms with Crippen molar-refractivity contribution in [1.29, 1.82) is 0 Å². The molecule has 1 aromatic rings. The molecule has 0 bridgehead atoms. The molecule has 1 saturated heterocycles. The van der Waals surface area contributed by atoms with Gasteiger partial charge in [0.1, 0.15) is 5.76 Å². The fraction of sp³-hybridized carbons (Fsp3) is 0.615. The molecule has 6 nitrogen and oxygen atoms in total. The van der Waals surface area contributed by atoms with E-state index in [-0.39, 0.29) is 12.1 Å². The number of furan rings is 1. The number of rotatable bonds is 5. The van der Waals surface area contributed by atoms with Gasteiger partial charge >= 0.3 is 6.03 Å². The van der Waals surface area contributed by atoms with Gasteiger partial charge in [0.2, 0.25) is 0 Å². The molecular weight excluding hydrogens is 246 g/mol. The minimum atomic E-state index is -0.169. The van der Waals surface area contributed by atoms with Crippen LogP contribution in [0.5, 0.6) is 0 Å². The molecule has 2 amide bonds. The molecule has 1 aromatic heterocycles. The van der Waals surface area contributed by atoms with Crippen LogP contribution in [0, 0.1) is 0 Å². The molecule has 6 heteroatoms. The Morgan fingerprint density at radius 2 is 2.26 bits per heavy atom. The molecule has 1 atom stereocenters. The van der Waals surface area contributed by atoms with Gasteiger partial charge in [-0.1, -0.05) is 0 Å². The summed E-state index contributed by atoms with van der Waals surface area (Å²) < 4.78 is 10.4. The lowest BCUT2D eigenvalue weighted by Crippen LogP contribution is -2.48. The summed E-state index contributed by atoms with van der Waals surface area (Å²) in [4.78, 5) is 14.0. The van der Waals surface area contributed by atoms with E-state index >= 15 is 0 Å². The lowest BCUT2D eigenvalue weighted by molar-refractivity contribution is 0.0349. The Kier molecular flexibility index (Phi) is 5.23. The predicted octanol–water partition coefficient (Wildman–Crippen LogP) is 0.800. The smallest absolute Gasteiger partial charge is 0.315 e. The summed E-state index contributed by atoms with van der Waals surface area (Å²) in [6.07, 6.45) is 1.59. The summed E-state index contributed by atoms with van der Waals surface area (Å²) in [5.41, 5.74) is 0. The van der Waals surface area contributed by atoms with Gasteiger partial charge in [-0.3, -0.25) is 4.90 Å². The van der Waals surface area contributed by atoms with E-state index < -0.39 is 0 Å². The average Bonchev–Trinajstić information content (AvgIpc) is 2.90. The summed E-state index contributed by atoms with van der Waals surface area (Å²) in [6.45, 7) is 6.66. The molecular formula is C13H21N3O3. The maximum Gasteiger partial charge on any atom is 0.315 e. The summed E-state index contributed by atoms with van der Waals surface area (Å²) in [5, 5.41) is 5.68. The van der Waals surface area contributed by atoms with E-state index in [1.807, 2.05) is 13.0 Å². The number of nitrogens with zero attached hydrogens (tertiary/aromatic N) is 1. The molecule has 2 N–H and O–H groups in total. The molecule has 0 radical (unpaired) electrons. The normalized spacial score (nSPS) is 17.9. The fourth-order valence-electron chi connectivity index (χ4n) is 2.07. The third-order valence-corrected chi connectivity index (χ3v) is 3.02. The maximum atomic E-state index is 11.7. The number of hydrogen-bond acceptors (Lipinski definition) is 4. The number of carbonyl (C=O) groups is 1. The molecule has 19 heavy (non-hydrogen) atoms. The molecule has 0 saturated carbocycles. The van der Waals surface area contributed by atoms with E-state index in [9.17, 15) is 4.79 Å². The van der Waals surface area contributed by atoms with E-state index in [1.54, 1.807) is 12.3 Å². The average molecular weight is 267 g/mol. The Bertz CT molecular complexity index is 374. The van der Waals surface area contributed by atoms with Crippen LogP contribution in [0.15, 0.2) is 22.8 Å². The Labute approximate surface area is 113 Å². The highest BCUT2D eigenvalue weighted by Gasteiger charge is 2.15. The number of nitrogens with one attached hydrogen (secondary N) is 2. The van der Waals surface area contributed by atoms with Gasteiger partial charge in [-0.15, -0.1) is 0 Å². The second-order valence-corrected chi connectivity index (χ2v) is 4.72. The van der Waals surface area contributed by atoms with Gasteiger partial charge < -0.3 is 19.8 Å². The number of morpholine rings is 1. The zero-order valence-corrected chi connectivity index (χ0v) is 11.2. The van der Waals surface area contributed by atoms with Crippen LogP contribution in [0.3, 0.4) is 0 Å². The first-order chi connectivity index (χ1) is 9.24. The molecule has 1 fully saturated rings. The van der Waals surface area contributed by atoms with Crippen LogP contribution in [0.2, 0.25) is 0 Å². The summed E-state index contributed by atoms with van der Waals surface area (Å²) >= 11 is 0. The first kappa shape index (κ1) is 13.9. The first-order valence-electron chi connectivity index (χ1n) is 6.61. The Hall–Kier alpha value is -1.53. The molecule has 1 aliphatic heterocycles. The minimum absolute atomic E-state index is 0.106. The van der Waals surface area contributed by atoms with E-state index in [4.69, 9.17) is 9.15 Å². The predicted molar refractivity (Wildman–Crippen MR) is 70.8 cm³/mol. The van der Waals surface area contributed by atoms with Crippen LogP contribution in [0.1, 0.15) is 12.7 Å². The van der Waals surface area contributed by atoms with Crippen LogP contribution in [0.4, 0.5) is 4.79 Å². The lowest BCUT2D eigenvalue weighted by atomic mass is 10.3. The largest absolute Gasteiger partial charge is 0.467 e. The highest BCUT2D eigenvalue weighted by molar-refractivity contribution is 5.74.